The highest BCUT2D eigenvalue weighted by molar-refractivity contribution is 7.98. The van der Waals surface area contributed by atoms with E-state index in [9.17, 15) is 0 Å². The molecule has 6 heteroatoms. The Kier molecular flexibility index (Phi) is 17.7. The second kappa shape index (κ2) is 22.6. The zero-order chi connectivity index (χ0) is 42.9. The van der Waals surface area contributed by atoms with Crippen molar-refractivity contribution >= 4 is 60.9 Å². The van der Waals surface area contributed by atoms with Gasteiger partial charge in [-0.05, 0) is 42.0 Å². The summed E-state index contributed by atoms with van der Waals surface area (Å²) in [4.78, 5) is 0. The molecular weight excluding hydrogens is 801 g/mol. The van der Waals surface area contributed by atoms with Gasteiger partial charge in [0.05, 0.1) is 12.2 Å². The summed E-state index contributed by atoms with van der Waals surface area (Å²) in [5, 5.41) is 5.18. The van der Waals surface area contributed by atoms with E-state index in [2.05, 4.69) is 237 Å². The first-order valence-corrected chi connectivity index (χ1v) is 27.1. The summed E-state index contributed by atoms with van der Waals surface area (Å²) < 4.78 is 14.3. The van der Waals surface area contributed by atoms with Gasteiger partial charge in [0, 0.05) is 23.0 Å². The van der Waals surface area contributed by atoms with Gasteiger partial charge in [-0.3, -0.25) is 0 Å². The van der Waals surface area contributed by atoms with Crippen LogP contribution in [-0.4, -0.2) is 40.3 Å². The molecular formula is C54H64O2S2Si2. The van der Waals surface area contributed by atoms with Crippen LogP contribution in [-0.2, 0) is 20.4 Å². The van der Waals surface area contributed by atoms with Crippen molar-refractivity contribution in [1.29, 1.82) is 0 Å². The van der Waals surface area contributed by atoms with Crippen molar-refractivity contribution in [3.63, 3.8) is 0 Å². The minimum absolute atomic E-state index is 0.00924. The van der Waals surface area contributed by atoms with Crippen LogP contribution in [0.25, 0.3) is 0 Å². The number of thioether (sulfide) groups is 2. The van der Waals surface area contributed by atoms with E-state index in [1.54, 1.807) is 0 Å². The van der Waals surface area contributed by atoms with Gasteiger partial charge < -0.3 is 8.85 Å². The molecule has 6 rings (SSSR count). The molecule has 0 radical (unpaired) electrons. The van der Waals surface area contributed by atoms with Crippen molar-refractivity contribution in [1.82, 2.24) is 0 Å². The van der Waals surface area contributed by atoms with Gasteiger partial charge in [-0.2, -0.15) is 23.5 Å². The Morgan fingerprint density at radius 1 is 0.417 bits per heavy atom. The van der Waals surface area contributed by atoms with E-state index in [-0.39, 0.29) is 22.3 Å². The zero-order valence-corrected chi connectivity index (χ0v) is 40.1. The van der Waals surface area contributed by atoms with Crippen molar-refractivity contribution in [2.24, 2.45) is 0 Å². The molecule has 0 unspecified atom stereocenters. The molecule has 312 valence electrons. The summed E-state index contributed by atoms with van der Waals surface area (Å²) in [6, 6.07) is 64.5. The van der Waals surface area contributed by atoms with Crippen LogP contribution in [0.1, 0.15) is 52.7 Å². The van der Waals surface area contributed by atoms with E-state index in [4.69, 9.17) is 8.85 Å². The van der Waals surface area contributed by atoms with Crippen LogP contribution in [0.3, 0.4) is 0 Å². The summed E-state index contributed by atoms with van der Waals surface area (Å²) in [6.45, 7) is 22.1. The molecule has 0 aromatic heterocycles. The van der Waals surface area contributed by atoms with Crippen LogP contribution < -0.4 is 20.7 Å². The Hall–Kier alpha value is -4.15. The third-order valence-electron chi connectivity index (χ3n) is 10.8. The fourth-order valence-electron chi connectivity index (χ4n) is 7.87. The van der Waals surface area contributed by atoms with Gasteiger partial charge in [0.1, 0.15) is 0 Å². The maximum atomic E-state index is 7.16. The molecule has 0 aliphatic carbocycles. The van der Waals surface area contributed by atoms with Crippen molar-refractivity contribution in [2.45, 2.75) is 75.3 Å². The standard InChI is InChI=1S/2C27H32OSSi/c2*1-5-24(22-29-21-23-15-9-6-10-16-23)28-30(27(2,3)4,25-17-11-7-12-18-25)26-19-13-8-14-20-26/h2*5-20,24H,1,21-22H2,2-4H3/t2*24-/m10/s1. The highest BCUT2D eigenvalue weighted by Crippen LogP contribution is 2.39. The normalized spacial score (nSPS) is 13.0. The molecule has 0 saturated heterocycles. The van der Waals surface area contributed by atoms with Crippen molar-refractivity contribution in [3.05, 3.63) is 218 Å². The number of hydrogen-bond acceptors (Lipinski definition) is 4. The minimum Gasteiger partial charge on any atom is -0.400 e. The molecule has 0 heterocycles. The Balaban J connectivity index is 0.000000228. The molecule has 0 bridgehead atoms. The Morgan fingerprint density at radius 2 is 0.650 bits per heavy atom. The predicted molar refractivity (Wildman–Crippen MR) is 271 cm³/mol. The van der Waals surface area contributed by atoms with Crippen LogP contribution in [0.15, 0.2) is 207 Å². The fraction of sp³-hybridized carbons (Fsp3) is 0.259. The second-order valence-electron chi connectivity index (χ2n) is 17.1. The van der Waals surface area contributed by atoms with Gasteiger partial charge in [0.2, 0.25) is 0 Å². The van der Waals surface area contributed by atoms with Gasteiger partial charge in [0.25, 0.3) is 16.6 Å². The molecule has 60 heavy (non-hydrogen) atoms. The Morgan fingerprint density at radius 3 is 0.867 bits per heavy atom. The minimum atomic E-state index is -2.55. The van der Waals surface area contributed by atoms with E-state index in [1.165, 1.54) is 31.9 Å². The van der Waals surface area contributed by atoms with Gasteiger partial charge in [-0.25, -0.2) is 0 Å². The maximum Gasteiger partial charge on any atom is 0.261 e. The maximum absolute atomic E-state index is 7.16. The first kappa shape index (κ1) is 46.9. The number of rotatable bonds is 18. The second-order valence-corrected chi connectivity index (χ2v) is 27.7. The average Bonchev–Trinajstić information content (AvgIpc) is 3.27. The van der Waals surface area contributed by atoms with Crippen molar-refractivity contribution < 1.29 is 8.85 Å². The molecule has 0 aliphatic rings. The van der Waals surface area contributed by atoms with Gasteiger partial charge in [-0.1, -0.05) is 236 Å². The smallest absolute Gasteiger partial charge is 0.261 e. The van der Waals surface area contributed by atoms with E-state index < -0.39 is 16.6 Å². The molecule has 6 aromatic rings. The van der Waals surface area contributed by atoms with Crippen LogP contribution in [0.4, 0.5) is 0 Å². The Labute approximate surface area is 372 Å². The van der Waals surface area contributed by atoms with Crippen LogP contribution in [0.2, 0.25) is 10.1 Å². The lowest BCUT2D eigenvalue weighted by atomic mass is 10.2. The highest BCUT2D eigenvalue weighted by Gasteiger charge is 2.52. The third kappa shape index (κ3) is 12.0. The lowest BCUT2D eigenvalue weighted by molar-refractivity contribution is 0.256. The number of hydrogen-bond donors (Lipinski definition) is 0. The van der Waals surface area contributed by atoms with Gasteiger partial charge in [0.15, 0.2) is 0 Å². The zero-order valence-electron chi connectivity index (χ0n) is 36.5. The summed E-state index contributed by atoms with van der Waals surface area (Å²) in [5.41, 5.74) is 2.69. The summed E-state index contributed by atoms with van der Waals surface area (Å²) in [5.74, 6) is 3.75. The molecule has 0 N–H and O–H groups in total. The molecule has 0 spiro atoms. The fourth-order valence-corrected chi connectivity index (χ4v) is 19.4. The SMILES string of the molecule is C=C[C@@H](CSCc1ccccc1)O[Si](c1ccccc1)(c1ccccc1)C(C)(C)C.C=C[C@H](CSCc1ccccc1)O[Si](c1ccccc1)(c1ccccc1)C(C)(C)C. The number of benzene rings is 6. The quantitative estimate of drug-likeness (QED) is 0.0633. The van der Waals surface area contributed by atoms with Gasteiger partial charge >= 0.3 is 0 Å². The van der Waals surface area contributed by atoms with E-state index in [1.807, 2.05) is 35.7 Å². The Bertz CT molecular complexity index is 1890. The molecule has 0 fully saturated rings. The van der Waals surface area contributed by atoms with E-state index in [0.29, 0.717) is 0 Å². The first-order valence-electron chi connectivity index (χ1n) is 21.0. The summed E-state index contributed by atoms with van der Waals surface area (Å²) >= 11 is 3.81. The summed E-state index contributed by atoms with van der Waals surface area (Å²) in [7, 11) is -5.09. The topological polar surface area (TPSA) is 18.5 Å². The van der Waals surface area contributed by atoms with E-state index >= 15 is 0 Å². The molecule has 0 aliphatic heterocycles. The predicted octanol–water partition coefficient (Wildman–Crippen LogP) is 12.1. The molecule has 2 atom stereocenters. The lowest BCUT2D eigenvalue weighted by Crippen LogP contribution is -2.67. The summed E-state index contributed by atoms with van der Waals surface area (Å²) in [6.07, 6.45) is 3.95. The highest BCUT2D eigenvalue weighted by atomic mass is 32.2. The largest absolute Gasteiger partial charge is 0.400 e. The monoisotopic (exact) mass is 864 g/mol. The molecule has 0 saturated carbocycles. The molecule has 0 amide bonds. The van der Waals surface area contributed by atoms with Crippen molar-refractivity contribution in [2.75, 3.05) is 11.5 Å². The van der Waals surface area contributed by atoms with E-state index in [0.717, 1.165) is 23.0 Å². The van der Waals surface area contributed by atoms with Crippen LogP contribution in [0, 0.1) is 0 Å². The molecule has 6 aromatic carbocycles. The van der Waals surface area contributed by atoms with Gasteiger partial charge in [-0.15, -0.1) is 13.2 Å². The third-order valence-corrected chi connectivity index (χ3v) is 23.1. The first-order chi connectivity index (χ1) is 28.9. The van der Waals surface area contributed by atoms with Crippen LogP contribution in [0.5, 0.6) is 0 Å². The lowest BCUT2D eigenvalue weighted by Gasteiger charge is -2.44. The average molecular weight is 865 g/mol. The van der Waals surface area contributed by atoms with Crippen molar-refractivity contribution in [3.8, 4) is 0 Å². The molecule has 2 nitrogen and oxygen atoms in total. The van der Waals surface area contributed by atoms with Crippen LogP contribution >= 0.6 is 23.5 Å².